The van der Waals surface area contributed by atoms with Crippen molar-refractivity contribution in [2.45, 2.75) is 19.9 Å². The molecule has 1 amide bonds. The number of para-hydroxylation sites is 1. The number of carbonyl (C=O) groups excluding carboxylic acids is 1. The van der Waals surface area contributed by atoms with E-state index in [2.05, 4.69) is 15.5 Å². The quantitative estimate of drug-likeness (QED) is 0.774. The van der Waals surface area contributed by atoms with Crippen LogP contribution in [-0.2, 0) is 4.79 Å². The lowest BCUT2D eigenvalue weighted by Gasteiger charge is -2.06. The van der Waals surface area contributed by atoms with Gasteiger partial charge in [0.1, 0.15) is 17.5 Å². The number of benzene rings is 2. The normalized spacial score (nSPS) is 11.8. The molecule has 122 valence electrons. The molecule has 0 saturated carbocycles. The number of amides is 1. The van der Waals surface area contributed by atoms with Gasteiger partial charge in [-0.25, -0.2) is 0 Å². The molecule has 0 aliphatic carbocycles. The molecule has 1 heterocycles. The maximum absolute atomic E-state index is 11.1. The fourth-order valence-electron chi connectivity index (χ4n) is 2.19. The highest BCUT2D eigenvalue weighted by atomic mass is 16.5. The van der Waals surface area contributed by atoms with E-state index in [0.29, 0.717) is 11.7 Å². The van der Waals surface area contributed by atoms with E-state index < -0.39 is 0 Å². The largest absolute Gasteiger partial charge is 0.457 e. The van der Waals surface area contributed by atoms with Crippen molar-refractivity contribution in [3.63, 3.8) is 0 Å². The molecule has 0 aliphatic heterocycles. The molecule has 0 fully saturated rings. The van der Waals surface area contributed by atoms with Crippen molar-refractivity contribution in [2.24, 2.45) is 0 Å². The third-order valence-electron chi connectivity index (χ3n) is 3.32. The molecule has 3 aromatic rings. The zero-order valence-corrected chi connectivity index (χ0v) is 13.4. The van der Waals surface area contributed by atoms with E-state index in [1.807, 2.05) is 54.6 Å². The second-order valence-corrected chi connectivity index (χ2v) is 5.32. The Morgan fingerprint density at radius 3 is 2.42 bits per heavy atom. The summed E-state index contributed by atoms with van der Waals surface area (Å²) in [6, 6.07) is 16.6. The highest BCUT2D eigenvalue weighted by molar-refractivity contribution is 5.73. The summed E-state index contributed by atoms with van der Waals surface area (Å²) in [5, 5.41) is 6.66. The fraction of sp³-hybridized carbons (Fsp3) is 0.167. The lowest BCUT2D eigenvalue weighted by molar-refractivity contribution is -0.119. The van der Waals surface area contributed by atoms with Gasteiger partial charge in [-0.1, -0.05) is 23.4 Å². The van der Waals surface area contributed by atoms with Crippen molar-refractivity contribution in [3.8, 4) is 22.9 Å². The minimum Gasteiger partial charge on any atom is -0.457 e. The Balaban J connectivity index is 1.72. The average molecular weight is 323 g/mol. The summed E-state index contributed by atoms with van der Waals surface area (Å²) >= 11 is 0. The first-order chi connectivity index (χ1) is 11.6. The monoisotopic (exact) mass is 323 g/mol. The van der Waals surface area contributed by atoms with E-state index in [1.165, 1.54) is 6.92 Å². The van der Waals surface area contributed by atoms with E-state index >= 15 is 0 Å². The van der Waals surface area contributed by atoms with Crippen LogP contribution in [0.5, 0.6) is 11.5 Å². The lowest BCUT2D eigenvalue weighted by Crippen LogP contribution is -2.23. The topological polar surface area (TPSA) is 77.2 Å². The molecule has 0 unspecified atom stereocenters. The Morgan fingerprint density at radius 2 is 1.75 bits per heavy atom. The summed E-state index contributed by atoms with van der Waals surface area (Å²) in [5.74, 6) is 2.18. The van der Waals surface area contributed by atoms with Gasteiger partial charge in [-0.3, -0.25) is 4.79 Å². The number of ether oxygens (including phenoxy) is 1. The molecule has 0 bridgehead atoms. The van der Waals surface area contributed by atoms with Crippen LogP contribution in [0.3, 0.4) is 0 Å². The summed E-state index contributed by atoms with van der Waals surface area (Å²) in [5.41, 5.74) is 0.806. The number of nitrogens with one attached hydrogen (secondary N) is 1. The van der Waals surface area contributed by atoms with Crippen LogP contribution in [0, 0.1) is 0 Å². The van der Waals surface area contributed by atoms with Crippen molar-refractivity contribution in [1.29, 1.82) is 0 Å². The first kappa shape index (κ1) is 15.7. The van der Waals surface area contributed by atoms with Crippen molar-refractivity contribution >= 4 is 5.91 Å². The van der Waals surface area contributed by atoms with Crippen molar-refractivity contribution in [1.82, 2.24) is 15.5 Å². The van der Waals surface area contributed by atoms with Crippen molar-refractivity contribution in [3.05, 3.63) is 60.5 Å². The Kier molecular flexibility index (Phi) is 4.56. The Labute approximate surface area is 139 Å². The minimum absolute atomic E-state index is 0.148. The average Bonchev–Trinajstić information content (AvgIpc) is 3.06. The van der Waals surface area contributed by atoms with Gasteiger partial charge in [0, 0.05) is 12.5 Å². The summed E-state index contributed by atoms with van der Waals surface area (Å²) in [6.07, 6.45) is 0. The molecule has 1 aromatic heterocycles. The Morgan fingerprint density at radius 1 is 1.08 bits per heavy atom. The van der Waals surface area contributed by atoms with E-state index in [9.17, 15) is 4.79 Å². The molecule has 0 aliphatic rings. The summed E-state index contributed by atoms with van der Waals surface area (Å²) in [6.45, 7) is 3.23. The molecule has 0 radical (unpaired) electrons. The van der Waals surface area contributed by atoms with E-state index in [4.69, 9.17) is 9.26 Å². The molecule has 1 N–H and O–H groups in total. The molecule has 1 atom stereocenters. The first-order valence-corrected chi connectivity index (χ1v) is 7.56. The smallest absolute Gasteiger partial charge is 0.249 e. The number of carbonyl (C=O) groups is 1. The van der Waals surface area contributed by atoms with Crippen LogP contribution in [0.1, 0.15) is 25.8 Å². The number of aromatic nitrogens is 2. The van der Waals surface area contributed by atoms with Gasteiger partial charge in [0.2, 0.25) is 17.6 Å². The summed E-state index contributed by atoms with van der Waals surface area (Å²) in [4.78, 5) is 15.4. The van der Waals surface area contributed by atoms with Crippen molar-refractivity contribution < 1.29 is 14.1 Å². The van der Waals surface area contributed by atoms with Crippen LogP contribution >= 0.6 is 0 Å². The van der Waals surface area contributed by atoms with E-state index in [-0.39, 0.29) is 11.9 Å². The molecular weight excluding hydrogens is 306 g/mol. The molecule has 6 nitrogen and oxygen atoms in total. The number of nitrogens with zero attached hydrogens (tertiary/aromatic N) is 2. The Bertz CT molecular complexity index is 813. The standard InChI is InChI=1S/C18H17N3O3/c1-12(19-13(2)22)18-20-17(21-24-18)14-8-10-16(11-9-14)23-15-6-4-3-5-7-15/h3-12H,1-2H3,(H,19,22)/t12-/m0/s1. The Hall–Kier alpha value is -3.15. The van der Waals surface area contributed by atoms with Gasteiger partial charge >= 0.3 is 0 Å². The molecule has 24 heavy (non-hydrogen) atoms. The van der Waals surface area contributed by atoms with Gasteiger partial charge in [0.15, 0.2) is 0 Å². The van der Waals surface area contributed by atoms with E-state index in [0.717, 1.165) is 17.1 Å². The highest BCUT2D eigenvalue weighted by Gasteiger charge is 2.15. The van der Waals surface area contributed by atoms with Crippen LogP contribution in [-0.4, -0.2) is 16.0 Å². The number of hydrogen-bond acceptors (Lipinski definition) is 5. The highest BCUT2D eigenvalue weighted by Crippen LogP contribution is 2.25. The fourth-order valence-corrected chi connectivity index (χ4v) is 2.19. The number of hydrogen-bond donors (Lipinski definition) is 1. The summed E-state index contributed by atoms with van der Waals surface area (Å²) in [7, 11) is 0. The molecule has 2 aromatic carbocycles. The third-order valence-corrected chi connectivity index (χ3v) is 3.32. The van der Waals surface area contributed by atoms with Crippen molar-refractivity contribution in [2.75, 3.05) is 0 Å². The van der Waals surface area contributed by atoms with Gasteiger partial charge in [-0.15, -0.1) is 0 Å². The SMILES string of the molecule is CC(=O)N[C@@H](C)c1nc(-c2ccc(Oc3ccccc3)cc2)no1. The molecule has 3 rings (SSSR count). The second-order valence-electron chi connectivity index (χ2n) is 5.32. The maximum atomic E-state index is 11.1. The van der Waals surface area contributed by atoms with Crippen LogP contribution in [0.15, 0.2) is 59.1 Å². The van der Waals surface area contributed by atoms with Gasteiger partial charge in [0.05, 0.1) is 0 Å². The van der Waals surface area contributed by atoms with Crippen LogP contribution in [0.2, 0.25) is 0 Å². The summed E-state index contributed by atoms with van der Waals surface area (Å²) < 4.78 is 10.9. The second kappa shape index (κ2) is 6.95. The first-order valence-electron chi connectivity index (χ1n) is 7.56. The van der Waals surface area contributed by atoms with Crippen LogP contribution in [0.25, 0.3) is 11.4 Å². The minimum atomic E-state index is -0.329. The lowest BCUT2D eigenvalue weighted by atomic mass is 10.2. The molecule has 0 saturated heterocycles. The van der Waals surface area contributed by atoms with Gasteiger partial charge in [-0.2, -0.15) is 4.98 Å². The predicted molar refractivity (Wildman–Crippen MR) is 88.5 cm³/mol. The number of rotatable bonds is 5. The van der Waals surface area contributed by atoms with Gasteiger partial charge in [0.25, 0.3) is 0 Å². The molecular formula is C18H17N3O3. The van der Waals surface area contributed by atoms with E-state index in [1.54, 1.807) is 6.92 Å². The maximum Gasteiger partial charge on any atom is 0.249 e. The van der Waals surface area contributed by atoms with Crippen LogP contribution in [0.4, 0.5) is 0 Å². The zero-order chi connectivity index (χ0) is 16.9. The van der Waals surface area contributed by atoms with Gasteiger partial charge in [-0.05, 0) is 43.3 Å². The third kappa shape index (κ3) is 3.78. The van der Waals surface area contributed by atoms with Crippen LogP contribution < -0.4 is 10.1 Å². The zero-order valence-electron chi connectivity index (χ0n) is 13.4. The predicted octanol–water partition coefficient (Wildman–Crippen LogP) is 3.73. The molecule has 6 heteroatoms. The molecule has 0 spiro atoms. The van der Waals surface area contributed by atoms with Gasteiger partial charge < -0.3 is 14.6 Å².